The Kier molecular flexibility index (Phi) is 30.8. The zero-order valence-corrected chi connectivity index (χ0v) is 22.5. The molecule has 0 aromatic rings. The van der Waals surface area contributed by atoms with Gasteiger partial charge in [0.2, 0.25) is 0 Å². The van der Waals surface area contributed by atoms with Crippen LogP contribution in [0.5, 0.6) is 0 Å². The normalized spacial score (nSPS) is 8.40. The number of rotatable bonds is 6. The van der Waals surface area contributed by atoms with Gasteiger partial charge in [-0.1, -0.05) is 13.0 Å². The van der Waals surface area contributed by atoms with E-state index in [0.717, 1.165) is 39.3 Å². The Bertz CT molecular complexity index is 294. The van der Waals surface area contributed by atoms with Gasteiger partial charge in [0.05, 0.1) is 0 Å². The van der Waals surface area contributed by atoms with Gasteiger partial charge < -0.3 is 89.2 Å². The molecule has 3 nitrogen and oxygen atoms in total. The van der Waals surface area contributed by atoms with Gasteiger partial charge in [-0.05, 0) is 41.5 Å². The number of thiocarbonyl (C=S) groups is 3. The molecule has 0 aliphatic heterocycles. The second-order valence-corrected chi connectivity index (χ2v) is 7.41. The molecular weight excluding hydrogens is 516 g/mol. The maximum atomic E-state index is 4.76. The summed E-state index contributed by atoms with van der Waals surface area (Å²) in [6.07, 6.45) is 0. The monoisotopic (exact) mass is 546 g/mol. The van der Waals surface area contributed by atoms with Gasteiger partial charge in [0.15, 0.2) is 0 Å². The van der Waals surface area contributed by atoms with Crippen molar-refractivity contribution >= 4 is 87.5 Å². The molecule has 0 saturated carbocycles. The first kappa shape index (κ1) is 33.5. The molecule has 149 valence electrons. The van der Waals surface area contributed by atoms with Gasteiger partial charge in [0.25, 0.3) is 0 Å². The molecule has 0 N–H and O–H groups in total. The largest absolute Gasteiger partial charge is 3.00 e. The van der Waals surface area contributed by atoms with E-state index in [9.17, 15) is 0 Å². The molecule has 0 aliphatic carbocycles. The summed E-state index contributed by atoms with van der Waals surface area (Å²) < 4.78 is 1.74. The van der Waals surface area contributed by atoms with Gasteiger partial charge in [-0.25, -0.2) is 0 Å². The molecule has 10 heteroatoms. The third-order valence-electron chi connectivity index (χ3n) is 3.06. The van der Waals surface area contributed by atoms with Crippen molar-refractivity contribution in [1.82, 2.24) is 14.7 Å². The first-order chi connectivity index (χ1) is 11.2. The van der Waals surface area contributed by atoms with E-state index in [1.54, 1.807) is 0 Å². The minimum Gasteiger partial charge on any atom is -0.411 e. The van der Waals surface area contributed by atoms with Crippen LogP contribution in [0.1, 0.15) is 41.5 Å². The van der Waals surface area contributed by atoms with Gasteiger partial charge in [-0.2, -0.15) is 0 Å². The smallest absolute Gasteiger partial charge is 0.411 e. The summed E-state index contributed by atoms with van der Waals surface area (Å²) >= 11 is 28.5. The van der Waals surface area contributed by atoms with Gasteiger partial charge in [-0.3, -0.25) is 0 Å². The Hall–Kier alpha value is 0.953. The third kappa shape index (κ3) is 21.1. The number of hydrogen-bond donors (Lipinski definition) is 0. The summed E-state index contributed by atoms with van der Waals surface area (Å²) in [5.74, 6) is 0. The second-order valence-electron chi connectivity index (χ2n) is 4.31. The molecule has 0 bridgehead atoms. The summed E-state index contributed by atoms with van der Waals surface area (Å²) in [5.41, 5.74) is 0. The first-order valence-corrected chi connectivity index (χ1v) is 10.5. The van der Waals surface area contributed by atoms with Crippen molar-refractivity contribution in [3.63, 3.8) is 0 Å². The van der Waals surface area contributed by atoms with E-state index in [1.807, 2.05) is 56.2 Å². The van der Waals surface area contributed by atoms with Crippen LogP contribution in [-0.2, 0) is 57.4 Å². The molecule has 0 aliphatic rings. The fourth-order valence-corrected chi connectivity index (χ4v) is 2.99. The Morgan fingerprint density at radius 1 is 0.520 bits per heavy atom. The summed E-state index contributed by atoms with van der Waals surface area (Å²) in [6.45, 7) is 17.8. The molecule has 0 heterocycles. The van der Waals surface area contributed by atoms with Crippen LogP contribution in [0.25, 0.3) is 0 Å². The molecule has 0 amide bonds. The van der Waals surface area contributed by atoms with E-state index in [0.29, 0.717) is 13.0 Å². The standard InChI is InChI=1S/3C5H11NS2.Ru/c3*1-3-6(4-2)5(7)8;/h3*3-4H2,1-2H3,(H,7,8);/q;;;+3/p-3. The predicted octanol–water partition coefficient (Wildman–Crippen LogP) is 3.48. The van der Waals surface area contributed by atoms with Crippen molar-refractivity contribution in [1.29, 1.82) is 0 Å². The maximum Gasteiger partial charge on any atom is 3.00 e. The maximum absolute atomic E-state index is 4.76. The number of nitrogens with zero attached hydrogens (tertiary/aromatic N) is 3. The van der Waals surface area contributed by atoms with Gasteiger partial charge in [0.1, 0.15) is 0 Å². The van der Waals surface area contributed by atoms with E-state index in [4.69, 9.17) is 74.5 Å². The summed E-state index contributed by atoms with van der Waals surface area (Å²) in [6, 6.07) is 0. The fourth-order valence-electron chi connectivity index (χ4n) is 1.45. The average molecular weight is 546 g/mol. The summed E-state index contributed by atoms with van der Waals surface area (Å²) in [7, 11) is 0. The molecule has 0 aromatic carbocycles. The van der Waals surface area contributed by atoms with Crippen LogP contribution in [0.4, 0.5) is 0 Å². The van der Waals surface area contributed by atoms with Crippen LogP contribution in [0, 0.1) is 0 Å². The van der Waals surface area contributed by atoms with Crippen LogP contribution >= 0.6 is 36.7 Å². The van der Waals surface area contributed by atoms with E-state index >= 15 is 0 Å². The zero-order chi connectivity index (χ0) is 19.7. The average Bonchev–Trinajstić information content (AvgIpc) is 2.51. The molecule has 0 unspecified atom stereocenters. The molecule has 1 radical (unpaired) electrons. The molecule has 0 saturated heterocycles. The second kappa shape index (κ2) is 23.0. The van der Waals surface area contributed by atoms with Crippen molar-refractivity contribution < 1.29 is 19.5 Å². The Labute approximate surface area is 201 Å². The quantitative estimate of drug-likeness (QED) is 0.280. The minimum absolute atomic E-state index is 0. The van der Waals surface area contributed by atoms with Crippen molar-refractivity contribution in [2.75, 3.05) is 39.3 Å². The summed E-state index contributed by atoms with van der Waals surface area (Å²) in [4.78, 5) is 5.89. The van der Waals surface area contributed by atoms with Crippen molar-refractivity contribution in [2.45, 2.75) is 41.5 Å². The molecule has 0 rings (SSSR count). The molecular formula is C15H30N3RuS6. The van der Waals surface area contributed by atoms with E-state index < -0.39 is 0 Å². The SMILES string of the molecule is CCN(CC)C(=S)[S-].CCN(CC)C(=S)[S-].CCN(CC)C(=S)[S-].[Ru+3]. The van der Waals surface area contributed by atoms with Crippen LogP contribution in [0.15, 0.2) is 0 Å². The minimum atomic E-state index is 0. The molecule has 0 fully saturated rings. The van der Waals surface area contributed by atoms with E-state index in [-0.39, 0.29) is 19.5 Å². The number of hydrogen-bond acceptors (Lipinski definition) is 6. The first-order valence-electron chi connectivity index (χ1n) is 8.04. The van der Waals surface area contributed by atoms with Crippen molar-refractivity contribution in [3.8, 4) is 0 Å². The van der Waals surface area contributed by atoms with Crippen LogP contribution < -0.4 is 0 Å². The molecule has 0 spiro atoms. The van der Waals surface area contributed by atoms with Gasteiger partial charge >= 0.3 is 19.5 Å². The van der Waals surface area contributed by atoms with Gasteiger partial charge in [-0.15, -0.1) is 0 Å². The van der Waals surface area contributed by atoms with Crippen LogP contribution in [0.2, 0.25) is 0 Å². The van der Waals surface area contributed by atoms with E-state index in [1.165, 1.54) is 0 Å². The topological polar surface area (TPSA) is 9.72 Å². The fraction of sp³-hybridized carbons (Fsp3) is 0.800. The van der Waals surface area contributed by atoms with Crippen molar-refractivity contribution in [3.05, 3.63) is 0 Å². The summed E-state index contributed by atoms with van der Waals surface area (Å²) in [5, 5.41) is 0. The third-order valence-corrected chi connectivity index (χ3v) is 4.61. The zero-order valence-electron chi connectivity index (χ0n) is 15.9. The van der Waals surface area contributed by atoms with Gasteiger partial charge in [0, 0.05) is 39.3 Å². The molecule has 25 heavy (non-hydrogen) atoms. The van der Waals surface area contributed by atoms with Crippen molar-refractivity contribution in [2.24, 2.45) is 0 Å². The van der Waals surface area contributed by atoms with Crippen LogP contribution in [0.3, 0.4) is 0 Å². The van der Waals surface area contributed by atoms with E-state index in [2.05, 4.69) is 0 Å². The predicted molar refractivity (Wildman–Crippen MR) is 129 cm³/mol. The molecule has 0 atom stereocenters. The van der Waals surface area contributed by atoms with Crippen LogP contribution in [-0.4, -0.2) is 66.9 Å². The Morgan fingerprint density at radius 2 is 0.640 bits per heavy atom. The Balaban J connectivity index is -0.000000130. The molecule has 0 aromatic heterocycles. The Morgan fingerprint density at radius 3 is 0.640 bits per heavy atom.